The van der Waals surface area contributed by atoms with Gasteiger partial charge in [-0.25, -0.2) is 0 Å². The van der Waals surface area contributed by atoms with Crippen molar-refractivity contribution in [3.8, 4) is 0 Å². The number of allylic oxidation sites excluding steroid dienone is 2. The molecule has 0 aliphatic heterocycles. The maximum Gasteiger partial charge on any atom is 0.291 e. The van der Waals surface area contributed by atoms with Crippen LogP contribution in [0, 0.1) is 0 Å². The maximum atomic E-state index is 12.1. The van der Waals surface area contributed by atoms with E-state index in [-0.39, 0.29) is 17.4 Å². The number of nitrogens with one attached hydrogen (secondary N) is 2. The number of halogens is 1. The van der Waals surface area contributed by atoms with E-state index in [0.29, 0.717) is 11.2 Å². The van der Waals surface area contributed by atoms with Gasteiger partial charge >= 0.3 is 0 Å². The highest BCUT2D eigenvalue weighted by Gasteiger charge is 2.15. The van der Waals surface area contributed by atoms with Crippen LogP contribution in [0.3, 0.4) is 0 Å². The van der Waals surface area contributed by atoms with Crippen molar-refractivity contribution < 1.29 is 14.0 Å². The number of furan rings is 1. The van der Waals surface area contributed by atoms with Crippen molar-refractivity contribution in [3.63, 3.8) is 0 Å². The zero-order chi connectivity index (χ0) is 17.4. The third-order valence-corrected chi connectivity index (χ3v) is 3.40. The number of benzene rings is 1. The molecule has 6 heteroatoms. The average Bonchev–Trinajstić information content (AvgIpc) is 3.01. The van der Waals surface area contributed by atoms with Gasteiger partial charge in [0.05, 0.1) is 0 Å². The summed E-state index contributed by atoms with van der Waals surface area (Å²) in [6, 6.07) is 12.8. The SMILES string of the molecule is CCNC(=O)/C(=C/C=C\c1ccccc1)NC(=O)c1ccc(Br)o1. The van der Waals surface area contributed by atoms with Crippen LogP contribution in [-0.2, 0) is 4.79 Å². The van der Waals surface area contributed by atoms with Crippen molar-refractivity contribution in [1.29, 1.82) is 0 Å². The summed E-state index contributed by atoms with van der Waals surface area (Å²) in [4.78, 5) is 24.2. The standard InChI is InChI=1S/C18H17BrN2O3/c1-2-20-17(22)14(10-6-9-13-7-4-3-5-8-13)21-18(23)15-11-12-16(19)24-15/h3-12H,2H2,1H3,(H,20,22)(H,21,23)/b9-6-,14-10-. The highest BCUT2D eigenvalue weighted by molar-refractivity contribution is 9.10. The lowest BCUT2D eigenvalue weighted by atomic mass is 10.2. The molecule has 1 aromatic carbocycles. The molecule has 2 amide bonds. The summed E-state index contributed by atoms with van der Waals surface area (Å²) in [7, 11) is 0. The van der Waals surface area contributed by atoms with Gasteiger partial charge in [0.15, 0.2) is 10.4 Å². The molecule has 0 bridgehead atoms. The number of hydrogen-bond donors (Lipinski definition) is 2. The van der Waals surface area contributed by atoms with Crippen LogP contribution in [0.2, 0.25) is 0 Å². The van der Waals surface area contributed by atoms with Gasteiger partial charge in [0.1, 0.15) is 5.70 Å². The Hall–Kier alpha value is -2.60. The van der Waals surface area contributed by atoms with Crippen molar-refractivity contribution in [2.24, 2.45) is 0 Å². The van der Waals surface area contributed by atoms with E-state index in [1.54, 1.807) is 25.1 Å². The number of amides is 2. The first-order valence-corrected chi connectivity index (χ1v) is 8.17. The monoisotopic (exact) mass is 388 g/mol. The van der Waals surface area contributed by atoms with E-state index < -0.39 is 5.91 Å². The minimum absolute atomic E-state index is 0.115. The fraction of sp³-hybridized carbons (Fsp3) is 0.111. The zero-order valence-corrected chi connectivity index (χ0v) is 14.7. The number of hydrogen-bond acceptors (Lipinski definition) is 3. The quantitative estimate of drug-likeness (QED) is 0.587. The van der Waals surface area contributed by atoms with E-state index in [0.717, 1.165) is 5.56 Å². The minimum atomic E-state index is -0.494. The van der Waals surface area contributed by atoms with Gasteiger partial charge in [0.25, 0.3) is 11.8 Å². The van der Waals surface area contributed by atoms with Crippen LogP contribution >= 0.6 is 15.9 Å². The smallest absolute Gasteiger partial charge is 0.291 e. The Labute approximate surface area is 148 Å². The summed E-state index contributed by atoms with van der Waals surface area (Å²) in [5.74, 6) is -0.746. The number of carbonyl (C=O) groups excluding carboxylic acids is 2. The Kier molecular flexibility index (Phi) is 6.57. The lowest BCUT2D eigenvalue weighted by molar-refractivity contribution is -0.117. The highest BCUT2D eigenvalue weighted by Crippen LogP contribution is 2.14. The highest BCUT2D eigenvalue weighted by atomic mass is 79.9. The van der Waals surface area contributed by atoms with Gasteiger partial charge < -0.3 is 15.1 Å². The molecular weight excluding hydrogens is 372 g/mol. The first kappa shape index (κ1) is 17.7. The van der Waals surface area contributed by atoms with Crippen LogP contribution < -0.4 is 10.6 Å². The summed E-state index contributed by atoms with van der Waals surface area (Å²) in [6.45, 7) is 2.27. The lowest BCUT2D eigenvalue weighted by Crippen LogP contribution is -2.34. The molecule has 0 fully saturated rings. The largest absolute Gasteiger partial charge is 0.444 e. The van der Waals surface area contributed by atoms with Crippen molar-refractivity contribution >= 4 is 33.8 Å². The van der Waals surface area contributed by atoms with Crippen LogP contribution in [0.4, 0.5) is 0 Å². The molecular formula is C18H17BrN2O3. The number of rotatable bonds is 6. The van der Waals surface area contributed by atoms with Gasteiger partial charge in [0, 0.05) is 6.54 Å². The third-order valence-electron chi connectivity index (χ3n) is 2.98. The molecule has 24 heavy (non-hydrogen) atoms. The third kappa shape index (κ3) is 5.24. The van der Waals surface area contributed by atoms with E-state index in [2.05, 4.69) is 26.6 Å². The summed E-state index contributed by atoms with van der Waals surface area (Å²) in [5, 5.41) is 5.22. The fourth-order valence-corrected chi connectivity index (χ4v) is 2.18. The molecule has 124 valence electrons. The molecule has 2 rings (SSSR count). The molecule has 0 radical (unpaired) electrons. The second-order valence-electron chi connectivity index (χ2n) is 4.77. The summed E-state index contributed by atoms with van der Waals surface area (Å²) < 4.78 is 5.63. The predicted molar refractivity (Wildman–Crippen MR) is 96.1 cm³/mol. The van der Waals surface area contributed by atoms with Crippen molar-refractivity contribution in [1.82, 2.24) is 10.6 Å². The summed E-state index contributed by atoms with van der Waals surface area (Å²) >= 11 is 3.14. The lowest BCUT2D eigenvalue weighted by Gasteiger charge is -2.07. The van der Waals surface area contributed by atoms with E-state index in [4.69, 9.17) is 4.42 Å². The topological polar surface area (TPSA) is 71.3 Å². The second kappa shape index (κ2) is 8.88. The summed E-state index contributed by atoms with van der Waals surface area (Å²) in [5.41, 5.74) is 1.13. The molecule has 2 aromatic rings. The molecule has 5 nitrogen and oxygen atoms in total. The van der Waals surface area contributed by atoms with Crippen molar-refractivity contribution in [3.05, 3.63) is 76.3 Å². The fourth-order valence-electron chi connectivity index (χ4n) is 1.87. The normalized spacial score (nSPS) is 11.5. The molecule has 0 unspecified atom stereocenters. The molecule has 1 aromatic heterocycles. The number of carbonyl (C=O) groups is 2. The van der Waals surface area contributed by atoms with Gasteiger partial charge in [-0.2, -0.15) is 0 Å². The second-order valence-corrected chi connectivity index (χ2v) is 5.55. The Morgan fingerprint density at radius 2 is 1.92 bits per heavy atom. The van der Waals surface area contributed by atoms with Crippen LogP contribution in [0.5, 0.6) is 0 Å². The van der Waals surface area contributed by atoms with Crippen LogP contribution in [0.1, 0.15) is 23.0 Å². The van der Waals surface area contributed by atoms with Crippen LogP contribution in [0.25, 0.3) is 6.08 Å². The molecule has 0 spiro atoms. The Morgan fingerprint density at radius 3 is 2.54 bits per heavy atom. The van der Waals surface area contributed by atoms with Gasteiger partial charge in [0.2, 0.25) is 0 Å². The van der Waals surface area contributed by atoms with E-state index in [9.17, 15) is 9.59 Å². The minimum Gasteiger partial charge on any atom is -0.444 e. The van der Waals surface area contributed by atoms with E-state index >= 15 is 0 Å². The first-order chi connectivity index (χ1) is 11.6. The Morgan fingerprint density at radius 1 is 1.17 bits per heavy atom. The summed E-state index contributed by atoms with van der Waals surface area (Å²) in [6.07, 6.45) is 5.10. The first-order valence-electron chi connectivity index (χ1n) is 7.38. The van der Waals surface area contributed by atoms with Gasteiger partial charge in [-0.05, 0) is 46.6 Å². The number of likely N-dealkylation sites (N-methyl/N-ethyl adjacent to an activating group) is 1. The van der Waals surface area contributed by atoms with E-state index in [1.807, 2.05) is 36.4 Å². The molecule has 0 atom stereocenters. The predicted octanol–water partition coefficient (Wildman–Crippen LogP) is 3.51. The zero-order valence-electron chi connectivity index (χ0n) is 13.1. The van der Waals surface area contributed by atoms with Crippen LogP contribution in [0.15, 0.2) is 69.4 Å². The molecule has 0 aliphatic carbocycles. The van der Waals surface area contributed by atoms with E-state index in [1.165, 1.54) is 6.07 Å². The van der Waals surface area contributed by atoms with Crippen molar-refractivity contribution in [2.75, 3.05) is 6.54 Å². The van der Waals surface area contributed by atoms with Crippen molar-refractivity contribution in [2.45, 2.75) is 6.92 Å². The molecule has 2 N–H and O–H groups in total. The van der Waals surface area contributed by atoms with Gasteiger partial charge in [-0.3, -0.25) is 9.59 Å². The van der Waals surface area contributed by atoms with Crippen LogP contribution in [-0.4, -0.2) is 18.4 Å². The maximum absolute atomic E-state index is 12.1. The molecule has 0 saturated heterocycles. The molecule has 0 aliphatic rings. The van der Waals surface area contributed by atoms with Gasteiger partial charge in [-0.15, -0.1) is 0 Å². The average molecular weight is 389 g/mol. The Bertz CT molecular complexity index is 764. The molecule has 0 saturated carbocycles. The van der Waals surface area contributed by atoms with Gasteiger partial charge in [-0.1, -0.05) is 42.5 Å². The Balaban J connectivity index is 2.15. The molecule has 1 heterocycles.